The molecule has 1 aromatic heterocycles. The summed E-state index contributed by atoms with van der Waals surface area (Å²) in [6.07, 6.45) is 0.991. The van der Waals surface area contributed by atoms with E-state index in [1.54, 1.807) is 43.3 Å². The van der Waals surface area contributed by atoms with Crippen LogP contribution < -0.4 is 16.6 Å². The molecule has 1 heterocycles. The molecule has 0 bridgehead atoms. The number of nitrogens with zero attached hydrogens (tertiary/aromatic N) is 2. The number of rotatable bonds is 4. The predicted molar refractivity (Wildman–Crippen MR) is 104 cm³/mol. The summed E-state index contributed by atoms with van der Waals surface area (Å²) in [6, 6.07) is 11.5. The van der Waals surface area contributed by atoms with Gasteiger partial charge in [0, 0.05) is 15.7 Å². The molecule has 9 heteroatoms. The van der Waals surface area contributed by atoms with Gasteiger partial charge in [-0.1, -0.05) is 29.3 Å². The molecular weight excluding hydrogens is 391 g/mol. The lowest BCUT2D eigenvalue weighted by atomic mass is 9.99. The van der Waals surface area contributed by atoms with Gasteiger partial charge >= 0.3 is 5.69 Å². The Labute approximate surface area is 163 Å². The number of H-pyrrole nitrogens is 1. The van der Waals surface area contributed by atoms with Crippen molar-refractivity contribution in [2.75, 3.05) is 5.32 Å². The summed E-state index contributed by atoms with van der Waals surface area (Å²) in [4.78, 5) is 37.6. The highest BCUT2D eigenvalue weighted by atomic mass is 35.5. The van der Waals surface area contributed by atoms with Crippen LogP contribution in [0.4, 0.5) is 5.69 Å². The molecule has 0 saturated carbocycles. The Morgan fingerprint density at radius 2 is 1.85 bits per heavy atom. The van der Waals surface area contributed by atoms with E-state index in [4.69, 9.17) is 23.2 Å². The van der Waals surface area contributed by atoms with Gasteiger partial charge in [0.15, 0.2) is 0 Å². The zero-order valence-corrected chi connectivity index (χ0v) is 15.6. The second-order valence-corrected chi connectivity index (χ2v) is 6.62. The summed E-state index contributed by atoms with van der Waals surface area (Å²) < 4.78 is 1.01. The van der Waals surface area contributed by atoms with E-state index in [0.717, 1.165) is 10.9 Å². The number of hydrogen-bond acceptors (Lipinski definition) is 4. The maximum atomic E-state index is 12.5. The molecule has 0 aliphatic carbocycles. The first-order valence-electron chi connectivity index (χ1n) is 7.90. The maximum Gasteiger partial charge on any atom is 0.349 e. The Bertz CT molecular complexity index is 1110. The third-order valence-corrected chi connectivity index (χ3v) is 4.49. The second-order valence-electron chi connectivity index (χ2n) is 5.77. The molecule has 0 fully saturated rings. The van der Waals surface area contributed by atoms with E-state index in [0.29, 0.717) is 27.0 Å². The van der Waals surface area contributed by atoms with Crippen molar-refractivity contribution >= 4 is 34.8 Å². The molecule has 0 spiro atoms. The number of nitrogens with one attached hydrogen (secondary N) is 2. The summed E-state index contributed by atoms with van der Waals surface area (Å²) in [5.74, 6) is -0.784. The molecule has 0 radical (unpaired) electrons. The van der Waals surface area contributed by atoms with Crippen LogP contribution in [0.3, 0.4) is 0 Å². The van der Waals surface area contributed by atoms with Crippen LogP contribution in [0.2, 0.25) is 10.0 Å². The average Bonchev–Trinajstić information content (AvgIpc) is 2.63. The molecule has 138 valence electrons. The zero-order chi connectivity index (χ0) is 19.6. The fraction of sp³-hybridized carbons (Fsp3) is 0.111. The van der Waals surface area contributed by atoms with Gasteiger partial charge in [-0.2, -0.15) is 9.78 Å². The normalized spacial score (nSPS) is 11.8. The van der Waals surface area contributed by atoms with E-state index in [1.165, 1.54) is 6.07 Å². The van der Waals surface area contributed by atoms with Crippen LogP contribution in [0, 0.1) is 0 Å². The lowest BCUT2D eigenvalue weighted by molar-refractivity contribution is -0.117. The standard InChI is InChI=1S/C18H14Cl2N4O3/c1-10(17(26)22-12-4-2-11(19)3-5-12)14-7-6-13(8-15(14)20)24-18(27)23-16(25)9-21-24/h2-10H,1H3,(H,22,26)(H,23,25,27). The second kappa shape index (κ2) is 7.77. The molecule has 0 saturated heterocycles. The molecule has 3 rings (SSSR count). The minimum atomic E-state index is -0.681. The molecule has 2 aromatic carbocycles. The Hall–Kier alpha value is -2.90. The summed E-state index contributed by atoms with van der Waals surface area (Å²) in [5, 5.41) is 7.44. The number of benzene rings is 2. The highest BCUT2D eigenvalue weighted by Crippen LogP contribution is 2.27. The molecule has 3 aromatic rings. The lowest BCUT2D eigenvalue weighted by Crippen LogP contribution is -2.30. The minimum absolute atomic E-state index is 0.244. The topological polar surface area (TPSA) is 96.8 Å². The van der Waals surface area contributed by atoms with Crippen LogP contribution in [0.25, 0.3) is 5.69 Å². The van der Waals surface area contributed by atoms with Crippen molar-refractivity contribution in [2.45, 2.75) is 12.8 Å². The predicted octanol–water partition coefficient (Wildman–Crippen LogP) is 2.97. The third-order valence-electron chi connectivity index (χ3n) is 3.91. The molecule has 1 amide bonds. The number of aromatic nitrogens is 3. The summed E-state index contributed by atoms with van der Waals surface area (Å²) >= 11 is 12.1. The van der Waals surface area contributed by atoms with Crippen molar-refractivity contribution in [3.63, 3.8) is 0 Å². The van der Waals surface area contributed by atoms with Crippen LogP contribution in [-0.4, -0.2) is 20.7 Å². The van der Waals surface area contributed by atoms with Gasteiger partial charge in [-0.15, -0.1) is 0 Å². The highest BCUT2D eigenvalue weighted by molar-refractivity contribution is 6.32. The number of aromatic amines is 1. The van der Waals surface area contributed by atoms with Gasteiger partial charge in [-0.05, 0) is 48.9 Å². The molecule has 1 atom stereocenters. The lowest BCUT2D eigenvalue weighted by Gasteiger charge is -2.15. The molecule has 0 aliphatic rings. The summed E-state index contributed by atoms with van der Waals surface area (Å²) in [6.45, 7) is 1.72. The summed E-state index contributed by atoms with van der Waals surface area (Å²) in [5.41, 5.74) is 0.305. The quantitative estimate of drug-likeness (QED) is 0.698. The highest BCUT2D eigenvalue weighted by Gasteiger charge is 2.19. The van der Waals surface area contributed by atoms with Crippen molar-refractivity contribution in [3.05, 3.63) is 85.1 Å². The fourth-order valence-electron chi connectivity index (χ4n) is 2.46. The van der Waals surface area contributed by atoms with Crippen molar-refractivity contribution in [1.29, 1.82) is 0 Å². The number of amides is 1. The molecule has 1 unspecified atom stereocenters. The van der Waals surface area contributed by atoms with Crippen LogP contribution in [0.5, 0.6) is 0 Å². The van der Waals surface area contributed by atoms with Gasteiger partial charge in [0.05, 0.1) is 11.6 Å². The first kappa shape index (κ1) is 18.9. The molecule has 27 heavy (non-hydrogen) atoms. The minimum Gasteiger partial charge on any atom is -0.326 e. The van der Waals surface area contributed by atoms with E-state index in [-0.39, 0.29) is 5.91 Å². The van der Waals surface area contributed by atoms with Gasteiger partial charge < -0.3 is 5.32 Å². The molecule has 7 nitrogen and oxygen atoms in total. The Morgan fingerprint density at radius 3 is 2.48 bits per heavy atom. The van der Waals surface area contributed by atoms with Crippen molar-refractivity contribution in [1.82, 2.24) is 14.8 Å². The number of carbonyl (C=O) groups excluding carboxylic acids is 1. The van der Waals surface area contributed by atoms with E-state index in [2.05, 4.69) is 15.4 Å². The van der Waals surface area contributed by atoms with E-state index < -0.39 is 17.2 Å². The van der Waals surface area contributed by atoms with Gasteiger partial charge in [-0.3, -0.25) is 14.6 Å². The Morgan fingerprint density at radius 1 is 1.15 bits per heavy atom. The summed E-state index contributed by atoms with van der Waals surface area (Å²) in [7, 11) is 0. The van der Waals surface area contributed by atoms with Gasteiger partial charge in [0.1, 0.15) is 6.20 Å². The Balaban J connectivity index is 1.84. The van der Waals surface area contributed by atoms with Gasteiger partial charge in [0.25, 0.3) is 5.56 Å². The monoisotopic (exact) mass is 404 g/mol. The average molecular weight is 405 g/mol. The fourth-order valence-corrected chi connectivity index (χ4v) is 2.93. The van der Waals surface area contributed by atoms with Crippen LogP contribution in [0.1, 0.15) is 18.4 Å². The van der Waals surface area contributed by atoms with Crippen LogP contribution in [0.15, 0.2) is 58.3 Å². The largest absolute Gasteiger partial charge is 0.349 e. The van der Waals surface area contributed by atoms with Crippen molar-refractivity contribution < 1.29 is 4.79 Å². The molecule has 0 aliphatic heterocycles. The number of anilines is 1. The van der Waals surface area contributed by atoms with E-state index in [1.807, 2.05) is 0 Å². The van der Waals surface area contributed by atoms with E-state index in [9.17, 15) is 14.4 Å². The van der Waals surface area contributed by atoms with Crippen molar-refractivity contribution in [2.24, 2.45) is 0 Å². The maximum absolute atomic E-state index is 12.5. The third kappa shape index (κ3) is 4.27. The smallest absolute Gasteiger partial charge is 0.326 e. The Kier molecular flexibility index (Phi) is 5.43. The first-order valence-corrected chi connectivity index (χ1v) is 8.65. The number of carbonyl (C=O) groups is 1. The molecule has 2 N–H and O–H groups in total. The number of halogens is 2. The van der Waals surface area contributed by atoms with Crippen molar-refractivity contribution in [3.8, 4) is 5.69 Å². The molecular formula is C18H14Cl2N4O3. The van der Waals surface area contributed by atoms with Crippen LogP contribution in [-0.2, 0) is 4.79 Å². The number of hydrogen-bond donors (Lipinski definition) is 2. The van der Waals surface area contributed by atoms with Gasteiger partial charge in [-0.25, -0.2) is 4.79 Å². The van der Waals surface area contributed by atoms with E-state index >= 15 is 0 Å². The van der Waals surface area contributed by atoms with Crippen LogP contribution >= 0.6 is 23.2 Å². The SMILES string of the molecule is CC(C(=O)Nc1ccc(Cl)cc1)c1ccc(-n2ncc(=O)[nH]c2=O)cc1Cl. The zero-order valence-electron chi connectivity index (χ0n) is 14.1. The van der Waals surface area contributed by atoms with Gasteiger partial charge in [0.2, 0.25) is 5.91 Å². The first-order chi connectivity index (χ1) is 12.8.